The molecule has 0 aliphatic carbocycles. The molecule has 4 aromatic rings. The maximum absolute atomic E-state index is 12.2. The molecule has 8 heteroatoms. The fourth-order valence-corrected chi connectivity index (χ4v) is 5.00. The highest BCUT2D eigenvalue weighted by atomic mass is 32.1. The van der Waals surface area contributed by atoms with Crippen molar-refractivity contribution in [3.8, 4) is 22.5 Å². The van der Waals surface area contributed by atoms with Crippen LogP contribution in [0, 0.1) is 0 Å². The summed E-state index contributed by atoms with van der Waals surface area (Å²) in [6.45, 7) is 3.71. The van der Waals surface area contributed by atoms with Crippen LogP contribution in [0.15, 0.2) is 60.2 Å². The Morgan fingerprint density at radius 3 is 2.45 bits per heavy atom. The zero-order chi connectivity index (χ0) is 22.8. The van der Waals surface area contributed by atoms with Gasteiger partial charge in [0.05, 0.1) is 11.9 Å². The number of hydrogen-bond donors (Lipinski definition) is 0. The second-order valence-electron chi connectivity index (χ2n) is 8.36. The van der Waals surface area contributed by atoms with Crippen molar-refractivity contribution in [1.29, 1.82) is 0 Å². The van der Waals surface area contributed by atoms with Gasteiger partial charge in [-0.15, -0.1) is 11.3 Å². The molecule has 0 atom stereocenters. The van der Waals surface area contributed by atoms with Crippen LogP contribution < -0.4 is 4.90 Å². The van der Waals surface area contributed by atoms with Gasteiger partial charge in [0, 0.05) is 69.2 Å². The van der Waals surface area contributed by atoms with Gasteiger partial charge in [-0.05, 0) is 17.7 Å². The number of piperazine rings is 1. The lowest BCUT2D eigenvalue weighted by Gasteiger charge is -2.35. The summed E-state index contributed by atoms with van der Waals surface area (Å²) >= 11 is 1.65. The fraction of sp³-hybridized carbons (Fsp3) is 0.280. The van der Waals surface area contributed by atoms with E-state index in [1.165, 1.54) is 0 Å². The summed E-state index contributed by atoms with van der Waals surface area (Å²) in [5.41, 5.74) is 3.23. The van der Waals surface area contributed by atoms with Crippen molar-refractivity contribution < 1.29 is 4.79 Å². The Bertz CT molecular complexity index is 1250. The minimum Gasteiger partial charge on any atom is -0.353 e. The molecule has 0 bridgehead atoms. The summed E-state index contributed by atoms with van der Waals surface area (Å²) in [7, 11) is 3.61. The third kappa shape index (κ3) is 4.44. The van der Waals surface area contributed by atoms with Crippen molar-refractivity contribution in [1.82, 2.24) is 24.8 Å². The van der Waals surface area contributed by atoms with Gasteiger partial charge in [0.25, 0.3) is 0 Å². The molecule has 0 N–H and O–H groups in total. The smallest absolute Gasteiger partial charge is 0.236 e. The summed E-state index contributed by atoms with van der Waals surface area (Å²) in [5, 5.41) is 3.27. The van der Waals surface area contributed by atoms with Crippen molar-refractivity contribution in [3.63, 3.8) is 0 Å². The molecule has 1 fully saturated rings. The average molecular weight is 459 g/mol. The van der Waals surface area contributed by atoms with E-state index in [4.69, 9.17) is 9.97 Å². The molecule has 7 nitrogen and oxygen atoms in total. The standard InChI is InChI=1S/C25H26N6OS/c1-29(2)21(32)16-30-11-13-31(14-12-30)24-22-20(18-7-4-3-5-8-18)17-33-25(22)28-23(27-24)19-9-6-10-26-15-19/h3-10,15,17H,11-14,16H2,1-2H3. The van der Waals surface area contributed by atoms with Crippen LogP contribution in [-0.2, 0) is 4.79 Å². The summed E-state index contributed by atoms with van der Waals surface area (Å²) in [6.07, 6.45) is 3.57. The van der Waals surface area contributed by atoms with Gasteiger partial charge in [0.2, 0.25) is 5.91 Å². The Labute approximate surface area is 197 Å². The first-order valence-corrected chi connectivity index (χ1v) is 11.9. The highest BCUT2D eigenvalue weighted by molar-refractivity contribution is 7.17. The summed E-state index contributed by atoms with van der Waals surface area (Å²) < 4.78 is 0. The fourth-order valence-electron chi connectivity index (χ4n) is 4.06. The van der Waals surface area contributed by atoms with Gasteiger partial charge in [-0.25, -0.2) is 9.97 Å². The number of benzene rings is 1. The van der Waals surface area contributed by atoms with Crippen molar-refractivity contribution in [2.24, 2.45) is 0 Å². The zero-order valence-electron chi connectivity index (χ0n) is 18.8. The van der Waals surface area contributed by atoms with E-state index in [-0.39, 0.29) is 5.91 Å². The molecule has 1 amide bonds. The second-order valence-corrected chi connectivity index (χ2v) is 9.22. The van der Waals surface area contributed by atoms with E-state index in [0.717, 1.165) is 58.9 Å². The molecule has 1 aliphatic rings. The van der Waals surface area contributed by atoms with Gasteiger partial charge in [0.1, 0.15) is 10.6 Å². The highest BCUT2D eigenvalue weighted by Crippen LogP contribution is 2.39. The number of likely N-dealkylation sites (N-methyl/N-ethyl adjacent to an activating group) is 1. The maximum Gasteiger partial charge on any atom is 0.236 e. The molecule has 1 aliphatic heterocycles. The van der Waals surface area contributed by atoms with Gasteiger partial charge in [-0.3, -0.25) is 14.7 Å². The first-order chi connectivity index (χ1) is 16.1. The number of thiophene rings is 1. The van der Waals surface area contributed by atoms with Crippen LogP contribution in [0.4, 0.5) is 5.82 Å². The highest BCUT2D eigenvalue weighted by Gasteiger charge is 2.25. The molecular formula is C25H26N6OS. The molecular weight excluding hydrogens is 432 g/mol. The average Bonchev–Trinajstić information content (AvgIpc) is 3.29. The molecule has 3 aromatic heterocycles. The Kier molecular flexibility index (Phi) is 6.02. The number of rotatable bonds is 5. The van der Waals surface area contributed by atoms with Crippen LogP contribution in [0.1, 0.15) is 0 Å². The predicted octanol–water partition coefficient (Wildman–Crippen LogP) is 3.63. The van der Waals surface area contributed by atoms with Crippen LogP contribution in [0.25, 0.3) is 32.7 Å². The van der Waals surface area contributed by atoms with E-state index < -0.39 is 0 Å². The predicted molar refractivity (Wildman–Crippen MR) is 133 cm³/mol. The molecule has 0 unspecified atom stereocenters. The van der Waals surface area contributed by atoms with Gasteiger partial charge in [0.15, 0.2) is 5.82 Å². The number of carbonyl (C=O) groups is 1. The van der Waals surface area contributed by atoms with Crippen molar-refractivity contribution in [2.45, 2.75) is 0 Å². The Morgan fingerprint density at radius 2 is 1.76 bits per heavy atom. The lowest BCUT2D eigenvalue weighted by Crippen LogP contribution is -2.49. The summed E-state index contributed by atoms with van der Waals surface area (Å²) in [6, 6.07) is 14.3. The quantitative estimate of drug-likeness (QED) is 0.455. The molecule has 168 valence electrons. The Hall–Kier alpha value is -3.36. The van der Waals surface area contributed by atoms with Gasteiger partial charge in [-0.2, -0.15) is 0 Å². The number of hydrogen-bond acceptors (Lipinski definition) is 7. The normalized spacial score (nSPS) is 14.5. The minimum atomic E-state index is 0.135. The molecule has 5 rings (SSSR count). The maximum atomic E-state index is 12.2. The van der Waals surface area contributed by atoms with Gasteiger partial charge in [-0.1, -0.05) is 30.3 Å². The van der Waals surface area contributed by atoms with E-state index in [2.05, 4.69) is 44.4 Å². The van der Waals surface area contributed by atoms with Crippen LogP contribution in [0.5, 0.6) is 0 Å². The van der Waals surface area contributed by atoms with Crippen molar-refractivity contribution >= 4 is 33.3 Å². The number of fused-ring (bicyclic) bond motifs is 1. The third-order valence-electron chi connectivity index (χ3n) is 5.95. The lowest BCUT2D eigenvalue weighted by atomic mass is 10.1. The number of carbonyl (C=O) groups excluding carboxylic acids is 1. The first kappa shape index (κ1) is 21.5. The summed E-state index contributed by atoms with van der Waals surface area (Å²) in [5.74, 6) is 1.78. The molecule has 1 aromatic carbocycles. The van der Waals surface area contributed by atoms with E-state index in [1.54, 1.807) is 36.5 Å². The largest absolute Gasteiger partial charge is 0.353 e. The molecule has 0 saturated carbocycles. The van der Waals surface area contributed by atoms with E-state index in [1.807, 2.05) is 24.4 Å². The topological polar surface area (TPSA) is 65.5 Å². The summed E-state index contributed by atoms with van der Waals surface area (Å²) in [4.78, 5) is 33.5. The van der Waals surface area contributed by atoms with Gasteiger partial charge < -0.3 is 9.80 Å². The Balaban J connectivity index is 1.53. The van der Waals surface area contributed by atoms with Gasteiger partial charge >= 0.3 is 0 Å². The van der Waals surface area contributed by atoms with Crippen LogP contribution in [0.3, 0.4) is 0 Å². The van der Waals surface area contributed by atoms with E-state index in [9.17, 15) is 4.79 Å². The Morgan fingerprint density at radius 1 is 1.00 bits per heavy atom. The van der Waals surface area contributed by atoms with Crippen LogP contribution in [-0.4, -0.2) is 77.5 Å². The minimum absolute atomic E-state index is 0.135. The molecule has 33 heavy (non-hydrogen) atoms. The second kappa shape index (κ2) is 9.25. The number of anilines is 1. The first-order valence-electron chi connectivity index (χ1n) is 11.0. The number of nitrogens with zero attached hydrogens (tertiary/aromatic N) is 6. The van der Waals surface area contributed by atoms with E-state index >= 15 is 0 Å². The molecule has 1 saturated heterocycles. The van der Waals surface area contributed by atoms with Crippen molar-refractivity contribution in [2.75, 3.05) is 51.7 Å². The zero-order valence-corrected chi connectivity index (χ0v) is 19.6. The number of amides is 1. The molecule has 4 heterocycles. The molecule has 0 spiro atoms. The SMILES string of the molecule is CN(C)C(=O)CN1CCN(c2nc(-c3cccnc3)nc3scc(-c4ccccc4)c23)CC1. The monoisotopic (exact) mass is 458 g/mol. The third-order valence-corrected chi connectivity index (χ3v) is 6.82. The lowest BCUT2D eigenvalue weighted by molar-refractivity contribution is -0.129. The van der Waals surface area contributed by atoms with Crippen LogP contribution >= 0.6 is 11.3 Å². The number of aromatic nitrogens is 3. The van der Waals surface area contributed by atoms with E-state index in [0.29, 0.717) is 12.4 Å². The van der Waals surface area contributed by atoms with Crippen LogP contribution in [0.2, 0.25) is 0 Å². The number of pyridine rings is 1. The molecule has 0 radical (unpaired) electrons. The van der Waals surface area contributed by atoms with Crippen molar-refractivity contribution in [3.05, 3.63) is 60.2 Å².